The first-order valence-electron chi connectivity index (χ1n) is 12.1. The van der Waals surface area contributed by atoms with Crippen molar-refractivity contribution < 1.29 is 33.5 Å². The van der Waals surface area contributed by atoms with Gasteiger partial charge in [0.2, 0.25) is 0 Å². The number of ether oxygens (including phenoxy) is 2. The van der Waals surface area contributed by atoms with E-state index in [0.717, 1.165) is 16.8 Å². The molecule has 2 unspecified atom stereocenters. The number of aromatic nitrogens is 2. The summed E-state index contributed by atoms with van der Waals surface area (Å²) in [6.45, 7) is 2.32. The first-order valence-corrected chi connectivity index (χ1v) is 14.7. The van der Waals surface area contributed by atoms with E-state index in [1.807, 2.05) is 0 Å². The number of H-pyrrole nitrogens is 1. The zero-order valence-electron chi connectivity index (χ0n) is 22.1. The van der Waals surface area contributed by atoms with Gasteiger partial charge in [0.25, 0.3) is 5.56 Å². The van der Waals surface area contributed by atoms with Gasteiger partial charge >= 0.3 is 18.3 Å². The van der Waals surface area contributed by atoms with Crippen LogP contribution in [0.3, 0.4) is 0 Å². The van der Waals surface area contributed by atoms with Gasteiger partial charge in [0, 0.05) is 12.3 Å². The highest BCUT2D eigenvalue weighted by atomic mass is 32.5. The maximum atomic E-state index is 12.8. The van der Waals surface area contributed by atoms with E-state index in [2.05, 4.69) is 16.0 Å². The van der Waals surface area contributed by atoms with E-state index in [1.54, 1.807) is 58.0 Å². The second-order valence-corrected chi connectivity index (χ2v) is 12.1. The van der Waals surface area contributed by atoms with E-state index in [9.17, 15) is 24.6 Å². The minimum Gasteiger partial charge on any atom is -0.462 e. The number of aliphatic hydroxyl groups is 2. The highest BCUT2D eigenvalue weighted by Gasteiger charge is 2.35. The Morgan fingerprint density at radius 3 is 2.41 bits per heavy atom. The van der Waals surface area contributed by atoms with Crippen molar-refractivity contribution >= 4 is 24.4 Å². The minimum absolute atomic E-state index is 0.268. The molecule has 0 aliphatic carbocycles. The van der Waals surface area contributed by atoms with Gasteiger partial charge in [0.1, 0.15) is 24.0 Å². The zero-order chi connectivity index (χ0) is 29.2. The number of aromatic amines is 1. The monoisotopic (exact) mass is 583 g/mol. The Morgan fingerprint density at radius 2 is 1.87 bits per heavy atom. The summed E-state index contributed by atoms with van der Waals surface area (Å²) < 4.78 is 24.0. The number of carbonyl (C=O) groups excluding carboxylic acids is 1. The predicted octanol–water partition coefficient (Wildman–Crippen LogP) is 1.29. The largest absolute Gasteiger partial charge is 0.462 e. The van der Waals surface area contributed by atoms with E-state index in [0.29, 0.717) is 5.75 Å². The number of nitrogens with one attached hydrogen (secondary N) is 2. The minimum atomic E-state index is -3.55. The summed E-state index contributed by atoms with van der Waals surface area (Å²) >= 11 is 5.74. The van der Waals surface area contributed by atoms with Crippen molar-refractivity contribution in [2.24, 2.45) is 5.92 Å². The number of benzene rings is 1. The number of aliphatic hydroxyl groups excluding tert-OH is 2. The molecule has 12 nitrogen and oxygen atoms in total. The van der Waals surface area contributed by atoms with Crippen LogP contribution in [0.4, 0.5) is 0 Å². The van der Waals surface area contributed by atoms with Crippen LogP contribution in [-0.2, 0) is 30.6 Å². The summed E-state index contributed by atoms with van der Waals surface area (Å²) in [5, 5.41) is 23.3. The molecule has 1 aromatic heterocycles. The van der Waals surface area contributed by atoms with Crippen molar-refractivity contribution in [2.45, 2.75) is 58.3 Å². The topological polar surface area (TPSA) is 161 Å². The Morgan fingerprint density at radius 1 is 1.21 bits per heavy atom. The molecule has 4 N–H and O–H groups in total. The lowest BCUT2D eigenvalue weighted by Gasteiger charge is -2.32. The molecule has 2 aromatic rings. The van der Waals surface area contributed by atoms with Gasteiger partial charge in [-0.15, -0.1) is 6.42 Å². The Hall–Kier alpha value is -2.82. The Bertz CT molecular complexity index is 1280. The molecule has 0 bridgehead atoms. The van der Waals surface area contributed by atoms with Crippen LogP contribution in [0.5, 0.6) is 5.75 Å². The van der Waals surface area contributed by atoms with Crippen molar-refractivity contribution in [3.63, 3.8) is 0 Å². The van der Waals surface area contributed by atoms with Crippen molar-refractivity contribution in [1.29, 1.82) is 0 Å². The maximum Gasteiger partial charge on any atom is 0.330 e. The third-order valence-corrected chi connectivity index (χ3v) is 7.51. The molecule has 0 saturated heterocycles. The van der Waals surface area contributed by atoms with Crippen molar-refractivity contribution in [3.05, 3.63) is 63.4 Å². The number of rotatable bonds is 15. The Labute approximate surface area is 231 Å². The molecule has 0 amide bonds. The summed E-state index contributed by atoms with van der Waals surface area (Å²) in [6.07, 6.45) is 1.96. The average molecular weight is 584 g/mol. The molecule has 39 heavy (non-hydrogen) atoms. The van der Waals surface area contributed by atoms with Gasteiger partial charge < -0.3 is 28.7 Å². The lowest BCUT2D eigenvalue weighted by Crippen LogP contribution is -2.43. The van der Waals surface area contributed by atoms with Gasteiger partial charge in [-0.25, -0.2) is 9.88 Å². The Kier molecular flexibility index (Phi) is 12.5. The van der Waals surface area contributed by atoms with Crippen LogP contribution in [0.25, 0.3) is 0 Å². The lowest BCUT2D eigenvalue weighted by atomic mass is 10.1. The number of hydrogen-bond donors (Lipinski definition) is 4. The fourth-order valence-corrected chi connectivity index (χ4v) is 5.64. The van der Waals surface area contributed by atoms with E-state index in [1.165, 1.54) is 0 Å². The molecule has 1 heterocycles. The van der Waals surface area contributed by atoms with E-state index in [-0.39, 0.29) is 12.0 Å². The third kappa shape index (κ3) is 10.0. The first-order chi connectivity index (χ1) is 18.4. The van der Waals surface area contributed by atoms with Crippen molar-refractivity contribution in [1.82, 2.24) is 14.6 Å². The van der Waals surface area contributed by atoms with Crippen LogP contribution in [0.1, 0.15) is 33.9 Å². The quantitative estimate of drug-likeness (QED) is 0.136. The standard InChI is InChI=1S/C25H34N3O9PS/c1-6-19(30)20(36-22(14-29)28-13-12-21(31)26-25(28)33)15-34-38(39,37-18-10-8-7-9-11-18)27-23(16(2)3)24(32)35-17(4)5/h1,7-13,16-17,19-20,22-23,29-30H,14-15H2,2-5H3,(H,27,39)(H,26,31,33)/t19-,20+,22+,23?,38?/m0/s1. The van der Waals surface area contributed by atoms with Gasteiger partial charge in [-0.3, -0.25) is 19.1 Å². The SMILES string of the molecule is C#C[C@H](O)[C@@H](COP(=S)(NC(C(=O)OC(C)C)C(C)C)Oc1ccccc1)O[C@H](CO)n1ccc(=O)[nH]c1=O. The summed E-state index contributed by atoms with van der Waals surface area (Å²) in [4.78, 5) is 38.5. The van der Waals surface area contributed by atoms with Gasteiger partial charge in [-0.05, 0) is 43.7 Å². The van der Waals surface area contributed by atoms with Crippen molar-refractivity contribution in [2.75, 3.05) is 13.2 Å². The first kappa shape index (κ1) is 32.4. The zero-order valence-corrected chi connectivity index (χ0v) is 23.8. The van der Waals surface area contributed by atoms with Gasteiger partial charge in [-0.2, -0.15) is 0 Å². The van der Waals surface area contributed by atoms with E-state index < -0.39 is 61.6 Å². The summed E-state index contributed by atoms with van der Waals surface area (Å²) in [5.74, 6) is 1.66. The summed E-state index contributed by atoms with van der Waals surface area (Å²) in [7, 11) is 0. The van der Waals surface area contributed by atoms with E-state index >= 15 is 0 Å². The number of hydrogen-bond acceptors (Lipinski definition) is 10. The smallest absolute Gasteiger partial charge is 0.330 e. The second kappa shape index (κ2) is 15.1. The predicted molar refractivity (Wildman–Crippen MR) is 147 cm³/mol. The summed E-state index contributed by atoms with van der Waals surface area (Å²) in [5.41, 5.74) is -1.49. The molecule has 0 saturated carbocycles. The second-order valence-electron chi connectivity index (χ2n) is 8.97. The van der Waals surface area contributed by atoms with Crippen LogP contribution in [0.2, 0.25) is 0 Å². The molecule has 0 radical (unpaired) electrons. The van der Waals surface area contributed by atoms with Crippen LogP contribution in [-0.4, -0.2) is 63.3 Å². The lowest BCUT2D eigenvalue weighted by molar-refractivity contribution is -0.150. The fraction of sp³-hybridized carbons (Fsp3) is 0.480. The molecule has 0 aliphatic heterocycles. The van der Waals surface area contributed by atoms with E-state index in [4.69, 9.17) is 36.8 Å². The highest BCUT2D eigenvalue weighted by Crippen LogP contribution is 2.46. The van der Waals surface area contributed by atoms with Gasteiger partial charge in [0.15, 0.2) is 6.23 Å². The molecule has 5 atom stereocenters. The number of esters is 1. The van der Waals surface area contributed by atoms with Gasteiger partial charge in [0.05, 0.1) is 19.3 Å². The normalized spacial score (nSPS) is 16.1. The molecule has 0 aliphatic rings. The summed E-state index contributed by atoms with van der Waals surface area (Å²) in [6, 6.07) is 8.70. The maximum absolute atomic E-state index is 12.8. The molecule has 14 heteroatoms. The van der Waals surface area contributed by atoms with Gasteiger partial charge in [-0.1, -0.05) is 38.0 Å². The van der Waals surface area contributed by atoms with Crippen LogP contribution in [0, 0.1) is 18.3 Å². The molecular weight excluding hydrogens is 549 g/mol. The number of carbonyl (C=O) groups is 1. The molecule has 2 rings (SSSR count). The fourth-order valence-electron chi connectivity index (χ4n) is 3.20. The molecule has 214 valence electrons. The molecule has 0 fully saturated rings. The van der Waals surface area contributed by atoms with Crippen molar-refractivity contribution in [3.8, 4) is 18.1 Å². The molecule has 0 spiro atoms. The molecule has 1 aromatic carbocycles. The van der Waals surface area contributed by atoms with Crippen LogP contribution >= 0.6 is 6.64 Å². The molecular formula is C25H34N3O9PS. The number of terminal acetylenes is 1. The highest BCUT2D eigenvalue weighted by molar-refractivity contribution is 8.09. The van der Waals surface area contributed by atoms with Crippen LogP contribution < -0.4 is 20.9 Å². The number of nitrogens with zero attached hydrogens (tertiary/aromatic N) is 1. The van der Waals surface area contributed by atoms with Crippen LogP contribution in [0.15, 0.2) is 52.2 Å². The average Bonchev–Trinajstić information content (AvgIpc) is 2.87. The third-order valence-electron chi connectivity index (χ3n) is 5.12. The Balaban J connectivity index is 2.35. The number of para-hydroxylation sites is 1.